The monoisotopic (exact) mass is 480 g/mol. The fourth-order valence-electron chi connectivity index (χ4n) is 5.03. The van der Waals surface area contributed by atoms with Crippen LogP contribution in [-0.2, 0) is 6.42 Å². The first-order valence-corrected chi connectivity index (χ1v) is 13.5. The molecule has 0 bridgehead atoms. The zero-order valence-corrected chi connectivity index (χ0v) is 21.2. The molecule has 1 spiro atoms. The molecule has 6 heteroatoms. The number of benzene rings is 2. The van der Waals surface area contributed by atoms with Crippen LogP contribution in [0.15, 0.2) is 48.5 Å². The van der Waals surface area contributed by atoms with Crippen LogP contribution in [0, 0.1) is 0 Å². The maximum atomic E-state index is 13.3. The van der Waals surface area contributed by atoms with Crippen molar-refractivity contribution in [3.05, 3.63) is 65.2 Å². The number of hydrogen-bond acceptors (Lipinski definition) is 4. The van der Waals surface area contributed by atoms with E-state index in [-0.39, 0.29) is 16.7 Å². The maximum Gasteiger partial charge on any atom is 0.255 e. The van der Waals surface area contributed by atoms with E-state index in [1.807, 2.05) is 58.0 Å². The van der Waals surface area contributed by atoms with Gasteiger partial charge in [-0.3, -0.25) is 9.59 Å². The highest BCUT2D eigenvalue weighted by Gasteiger charge is 2.47. The summed E-state index contributed by atoms with van der Waals surface area (Å²) in [7, 11) is 1.62. The molecule has 2 aromatic carbocycles. The predicted octanol–water partition coefficient (Wildman–Crippen LogP) is 5.64. The van der Waals surface area contributed by atoms with Gasteiger partial charge in [0.25, 0.3) is 11.8 Å². The third-order valence-electron chi connectivity index (χ3n) is 7.09. The lowest BCUT2D eigenvalue weighted by atomic mass is 9.99. The number of hydrogen-bond donors (Lipinski definition) is 0. The highest BCUT2D eigenvalue weighted by Crippen LogP contribution is 2.44. The van der Waals surface area contributed by atoms with Crippen LogP contribution in [0.2, 0.25) is 0 Å². The van der Waals surface area contributed by atoms with Gasteiger partial charge in [0.05, 0.1) is 12.0 Å². The lowest BCUT2D eigenvalue weighted by Crippen LogP contribution is -2.53. The molecule has 2 heterocycles. The van der Waals surface area contributed by atoms with Crippen molar-refractivity contribution in [2.75, 3.05) is 32.5 Å². The standard InChI is InChI=1S/C28H36N2O3S/c1-3-4-5-6-8-22-11-13-23(14-12-22)26(31)29-17-15-28(16-18-29)30(19-20-34-28)27(32)24-9-7-10-25(21-24)33-2/h7,9-14,21H,3-6,8,15-20H2,1-2H3. The molecule has 2 aliphatic rings. The molecule has 2 aliphatic heterocycles. The second-order valence-electron chi connectivity index (χ2n) is 9.28. The van der Waals surface area contributed by atoms with Crippen molar-refractivity contribution in [2.24, 2.45) is 0 Å². The molecule has 4 rings (SSSR count). The number of carbonyl (C=O) groups excluding carboxylic acids is 2. The highest BCUT2D eigenvalue weighted by atomic mass is 32.2. The Hall–Kier alpha value is -2.47. The molecular weight excluding hydrogens is 444 g/mol. The Morgan fingerprint density at radius 3 is 2.41 bits per heavy atom. The van der Waals surface area contributed by atoms with E-state index >= 15 is 0 Å². The first-order chi connectivity index (χ1) is 16.6. The summed E-state index contributed by atoms with van der Waals surface area (Å²) >= 11 is 1.87. The van der Waals surface area contributed by atoms with Gasteiger partial charge >= 0.3 is 0 Å². The molecule has 5 nitrogen and oxygen atoms in total. The fourth-order valence-corrected chi connectivity index (χ4v) is 6.49. The van der Waals surface area contributed by atoms with Crippen molar-refractivity contribution in [3.8, 4) is 5.75 Å². The molecule has 2 amide bonds. The highest BCUT2D eigenvalue weighted by molar-refractivity contribution is 8.00. The van der Waals surface area contributed by atoms with Gasteiger partial charge in [-0.15, -0.1) is 11.8 Å². The molecule has 0 atom stereocenters. The van der Waals surface area contributed by atoms with Crippen LogP contribution in [0.4, 0.5) is 0 Å². The van der Waals surface area contributed by atoms with Crippen LogP contribution in [0.5, 0.6) is 5.75 Å². The molecule has 182 valence electrons. The Morgan fingerprint density at radius 2 is 1.71 bits per heavy atom. The summed E-state index contributed by atoms with van der Waals surface area (Å²) in [5.74, 6) is 1.78. The van der Waals surface area contributed by atoms with Gasteiger partial charge in [-0.1, -0.05) is 44.4 Å². The number of piperidine rings is 1. The van der Waals surface area contributed by atoms with Gasteiger partial charge < -0.3 is 14.5 Å². The molecule has 0 N–H and O–H groups in total. The van der Waals surface area contributed by atoms with E-state index < -0.39 is 0 Å². The molecule has 34 heavy (non-hydrogen) atoms. The van der Waals surface area contributed by atoms with Crippen LogP contribution < -0.4 is 4.74 Å². The van der Waals surface area contributed by atoms with E-state index in [1.54, 1.807) is 7.11 Å². The zero-order chi connectivity index (χ0) is 24.0. The average molecular weight is 481 g/mol. The van der Waals surface area contributed by atoms with Gasteiger partial charge in [0, 0.05) is 36.5 Å². The van der Waals surface area contributed by atoms with Crippen LogP contribution in [0.1, 0.15) is 71.7 Å². The smallest absolute Gasteiger partial charge is 0.255 e. The van der Waals surface area contributed by atoms with Gasteiger partial charge in [0.15, 0.2) is 0 Å². The van der Waals surface area contributed by atoms with E-state index in [1.165, 1.54) is 31.2 Å². The Morgan fingerprint density at radius 1 is 0.941 bits per heavy atom. The van der Waals surface area contributed by atoms with Gasteiger partial charge in [0.1, 0.15) is 5.75 Å². The number of aryl methyl sites for hydroxylation is 1. The minimum Gasteiger partial charge on any atom is -0.497 e. The molecule has 0 unspecified atom stereocenters. The summed E-state index contributed by atoms with van der Waals surface area (Å²) < 4.78 is 5.30. The van der Waals surface area contributed by atoms with E-state index in [0.717, 1.165) is 37.1 Å². The summed E-state index contributed by atoms with van der Waals surface area (Å²) in [6, 6.07) is 15.5. The minimum absolute atomic E-state index is 0.0539. The lowest BCUT2D eigenvalue weighted by molar-refractivity contribution is 0.0497. The van der Waals surface area contributed by atoms with Crippen molar-refractivity contribution in [1.29, 1.82) is 0 Å². The SMILES string of the molecule is CCCCCCc1ccc(C(=O)N2CCC3(CC2)SCCN3C(=O)c2cccc(OC)c2)cc1. The van der Waals surface area contributed by atoms with Crippen molar-refractivity contribution in [1.82, 2.24) is 9.80 Å². The van der Waals surface area contributed by atoms with E-state index in [0.29, 0.717) is 24.4 Å². The van der Waals surface area contributed by atoms with Crippen molar-refractivity contribution in [2.45, 2.75) is 56.7 Å². The quantitative estimate of drug-likeness (QED) is 0.459. The summed E-state index contributed by atoms with van der Waals surface area (Å²) in [6.45, 7) is 4.32. The van der Waals surface area contributed by atoms with Gasteiger partial charge in [-0.25, -0.2) is 0 Å². The van der Waals surface area contributed by atoms with Crippen LogP contribution in [0.3, 0.4) is 0 Å². The van der Waals surface area contributed by atoms with Crippen LogP contribution in [-0.4, -0.2) is 59.0 Å². The lowest BCUT2D eigenvalue weighted by Gasteiger charge is -2.44. The first-order valence-electron chi connectivity index (χ1n) is 12.5. The third kappa shape index (κ3) is 5.43. The number of thioether (sulfide) groups is 1. The second-order valence-corrected chi connectivity index (χ2v) is 10.7. The summed E-state index contributed by atoms with van der Waals surface area (Å²) in [4.78, 5) is 30.3. The van der Waals surface area contributed by atoms with Crippen molar-refractivity contribution >= 4 is 23.6 Å². The van der Waals surface area contributed by atoms with E-state index in [9.17, 15) is 9.59 Å². The molecule has 0 radical (unpaired) electrons. The topological polar surface area (TPSA) is 49.9 Å². The Bertz CT molecular complexity index is 983. The summed E-state index contributed by atoms with van der Waals surface area (Å²) in [5.41, 5.74) is 2.73. The number of amides is 2. The van der Waals surface area contributed by atoms with Crippen LogP contribution >= 0.6 is 11.8 Å². The average Bonchev–Trinajstić information content (AvgIpc) is 3.29. The first kappa shape index (κ1) is 24.6. The Kier molecular flexibility index (Phi) is 8.19. The molecular formula is C28H36N2O3S. The fraction of sp³-hybridized carbons (Fsp3) is 0.500. The summed E-state index contributed by atoms with van der Waals surface area (Å²) in [5, 5.41) is 0. The minimum atomic E-state index is -0.223. The molecule has 2 aromatic rings. The number of unbranched alkanes of at least 4 members (excludes halogenated alkanes) is 3. The molecule has 0 saturated carbocycles. The maximum absolute atomic E-state index is 13.3. The van der Waals surface area contributed by atoms with Gasteiger partial charge in [-0.05, 0) is 61.6 Å². The number of methoxy groups -OCH3 is 1. The Balaban J connectivity index is 1.36. The number of likely N-dealkylation sites (tertiary alicyclic amines) is 1. The van der Waals surface area contributed by atoms with Crippen molar-refractivity contribution in [3.63, 3.8) is 0 Å². The van der Waals surface area contributed by atoms with E-state index in [4.69, 9.17) is 4.74 Å². The number of nitrogens with zero attached hydrogens (tertiary/aromatic N) is 2. The molecule has 0 aliphatic carbocycles. The largest absolute Gasteiger partial charge is 0.497 e. The summed E-state index contributed by atoms with van der Waals surface area (Å²) in [6.07, 6.45) is 7.68. The molecule has 0 aromatic heterocycles. The molecule has 2 saturated heterocycles. The van der Waals surface area contributed by atoms with Gasteiger partial charge in [0.2, 0.25) is 0 Å². The normalized spacial score (nSPS) is 17.2. The predicted molar refractivity (Wildman–Crippen MR) is 139 cm³/mol. The van der Waals surface area contributed by atoms with Crippen LogP contribution in [0.25, 0.3) is 0 Å². The number of rotatable bonds is 8. The molecule has 2 fully saturated rings. The van der Waals surface area contributed by atoms with Crippen molar-refractivity contribution < 1.29 is 14.3 Å². The van der Waals surface area contributed by atoms with Gasteiger partial charge in [-0.2, -0.15) is 0 Å². The third-order valence-corrected chi connectivity index (χ3v) is 8.64. The van der Waals surface area contributed by atoms with E-state index in [2.05, 4.69) is 19.1 Å². The second kappa shape index (κ2) is 11.3. The number of ether oxygens (including phenoxy) is 1. The Labute approximate surface area is 207 Å². The number of carbonyl (C=O) groups is 2. The zero-order valence-electron chi connectivity index (χ0n) is 20.4.